The molecule has 13 heavy (non-hydrogen) atoms. The first-order chi connectivity index (χ1) is 5.52. The Morgan fingerprint density at radius 1 is 1.23 bits per heavy atom. The third-order valence-corrected chi connectivity index (χ3v) is 11.7. The van der Waals surface area contributed by atoms with Crippen LogP contribution in [0.25, 0.3) is 0 Å². The molecule has 0 aliphatic rings. The number of rotatable bonds is 2. The van der Waals surface area contributed by atoms with Crippen LogP contribution in [0.3, 0.4) is 0 Å². The molecule has 1 unspecified atom stereocenters. The van der Waals surface area contributed by atoms with E-state index in [0.29, 0.717) is 5.62 Å². The quantitative estimate of drug-likeness (QED) is 0.369. The summed E-state index contributed by atoms with van der Waals surface area (Å²) in [5, 5.41) is 0.0244. The average Bonchev–Trinajstić information content (AvgIpc) is 1.81. The Balaban J connectivity index is 5.19. The lowest BCUT2D eigenvalue weighted by Gasteiger charge is -2.32. The summed E-state index contributed by atoms with van der Waals surface area (Å²) in [6.07, 6.45) is -1.83. The predicted molar refractivity (Wildman–Crippen MR) is 69.0 cm³/mol. The molecule has 0 amide bonds. The van der Waals surface area contributed by atoms with Gasteiger partial charge >= 0.3 is 0 Å². The molecule has 0 saturated heterocycles. The van der Waals surface area contributed by atoms with E-state index in [1.54, 1.807) is 0 Å². The zero-order valence-corrected chi connectivity index (χ0v) is 12.8. The van der Waals surface area contributed by atoms with Gasteiger partial charge in [0.15, 0.2) is 8.24 Å². The molecule has 0 fully saturated rings. The van der Waals surface area contributed by atoms with E-state index >= 15 is 0 Å². The van der Waals surface area contributed by atoms with Crippen molar-refractivity contribution in [2.75, 3.05) is 5.62 Å². The van der Waals surface area contributed by atoms with E-state index in [0.717, 1.165) is 0 Å². The molecular weight excluding hydrogens is 240 g/mol. The first kappa shape index (κ1) is 14.0. The van der Waals surface area contributed by atoms with Crippen LogP contribution in [0.4, 0.5) is 0 Å². The van der Waals surface area contributed by atoms with Crippen molar-refractivity contribution in [2.24, 2.45) is 4.41 Å². The van der Waals surface area contributed by atoms with Gasteiger partial charge in [0.25, 0.3) is 0 Å². The van der Waals surface area contributed by atoms with Gasteiger partial charge in [0, 0.05) is 5.16 Å². The van der Waals surface area contributed by atoms with Crippen LogP contribution in [0, 0.1) is 0 Å². The Bertz CT molecular complexity index is 227. The van der Waals surface area contributed by atoms with Crippen LogP contribution in [-0.4, -0.2) is 19.0 Å². The topological polar surface area (TPSA) is 12.4 Å². The fraction of sp³-hybridized carbons (Fsp3) is 1.00. The van der Waals surface area contributed by atoms with Crippen molar-refractivity contribution in [1.82, 2.24) is 0 Å². The smallest absolute Gasteiger partial charge is 0.172 e. The molecule has 80 valence electrons. The van der Waals surface area contributed by atoms with Crippen LogP contribution >= 0.6 is 29.2 Å². The molecule has 0 aromatic heterocycles. The number of halogens is 2. The lowest BCUT2D eigenvalue weighted by atomic mass is 10.3. The summed E-state index contributed by atoms with van der Waals surface area (Å²) in [5.41, 5.74) is 0.488. The molecule has 0 N–H and O–H groups in total. The summed E-state index contributed by atoms with van der Waals surface area (Å²) < 4.78 is 4.81. The molecule has 1 atom stereocenters. The second-order valence-corrected chi connectivity index (χ2v) is 15.7. The maximum Gasteiger partial charge on any atom is 0.172 e. The second-order valence-electron chi connectivity index (χ2n) is 5.24. The highest BCUT2D eigenvalue weighted by Crippen LogP contribution is 2.66. The minimum absolute atomic E-state index is 0.0244. The standard InChI is InChI=1S/C8H20Cl2NPSi/c1-8(2,3)12(10,7-9)11-13(4,5)6/h7H2,1-6H3. The summed E-state index contributed by atoms with van der Waals surface area (Å²) in [6, 6.07) is 0. The molecule has 5 heteroatoms. The Morgan fingerprint density at radius 2 is 1.62 bits per heavy atom. The number of hydrogen-bond donors (Lipinski definition) is 0. The highest BCUT2D eigenvalue weighted by Gasteiger charge is 2.32. The first-order valence-electron chi connectivity index (χ1n) is 4.40. The SMILES string of the molecule is CC(C)(C)P(Cl)(CCl)=N[Si](C)(C)C. The third-order valence-electron chi connectivity index (χ3n) is 1.64. The monoisotopic (exact) mass is 259 g/mol. The second kappa shape index (κ2) is 4.26. The molecule has 0 aromatic carbocycles. The van der Waals surface area contributed by atoms with E-state index in [4.69, 9.17) is 27.3 Å². The molecule has 0 radical (unpaired) electrons. The van der Waals surface area contributed by atoms with Crippen molar-refractivity contribution >= 4 is 37.5 Å². The van der Waals surface area contributed by atoms with Crippen LogP contribution in [0.5, 0.6) is 0 Å². The highest BCUT2D eigenvalue weighted by molar-refractivity contribution is 7.93. The normalized spacial score (nSPS) is 18.2. The number of hydrogen-bond acceptors (Lipinski definition) is 1. The molecule has 0 spiro atoms. The molecule has 0 rings (SSSR count). The minimum Gasteiger partial charge on any atom is -0.322 e. The summed E-state index contributed by atoms with van der Waals surface area (Å²) in [6.45, 7) is 13.0. The average molecular weight is 260 g/mol. The molecule has 0 aromatic rings. The van der Waals surface area contributed by atoms with Crippen molar-refractivity contribution in [3.8, 4) is 0 Å². The Hall–Kier alpha value is 1.03. The minimum atomic E-state index is -1.83. The lowest BCUT2D eigenvalue weighted by Crippen LogP contribution is -2.20. The summed E-state index contributed by atoms with van der Waals surface area (Å²) in [4.78, 5) is 0. The van der Waals surface area contributed by atoms with E-state index in [1.165, 1.54) is 0 Å². The molecule has 0 bridgehead atoms. The number of nitrogens with zero attached hydrogens (tertiary/aromatic N) is 1. The van der Waals surface area contributed by atoms with Crippen molar-refractivity contribution in [2.45, 2.75) is 45.6 Å². The molecule has 0 heterocycles. The predicted octanol–water partition coefficient (Wildman–Crippen LogP) is 5.17. The van der Waals surface area contributed by atoms with Crippen LogP contribution in [0.1, 0.15) is 20.8 Å². The van der Waals surface area contributed by atoms with Crippen molar-refractivity contribution in [3.05, 3.63) is 0 Å². The van der Waals surface area contributed by atoms with Crippen LogP contribution in [0.15, 0.2) is 4.41 Å². The number of alkyl halides is 1. The van der Waals surface area contributed by atoms with E-state index in [1.807, 2.05) is 0 Å². The van der Waals surface area contributed by atoms with E-state index in [2.05, 4.69) is 40.4 Å². The lowest BCUT2D eigenvalue weighted by molar-refractivity contribution is 0.786. The van der Waals surface area contributed by atoms with Crippen LogP contribution in [-0.2, 0) is 0 Å². The zero-order chi connectivity index (χ0) is 10.9. The van der Waals surface area contributed by atoms with Crippen LogP contribution in [0.2, 0.25) is 19.6 Å². The van der Waals surface area contributed by atoms with Gasteiger partial charge in [-0.05, 0) is 0 Å². The van der Waals surface area contributed by atoms with Gasteiger partial charge in [-0.1, -0.05) is 51.7 Å². The molecule has 0 saturated carbocycles. The largest absolute Gasteiger partial charge is 0.322 e. The summed E-state index contributed by atoms with van der Waals surface area (Å²) in [5.74, 6) is 0. The molecular formula is C8H20Cl2NPSi. The maximum atomic E-state index is 6.53. The van der Waals surface area contributed by atoms with E-state index in [-0.39, 0.29) is 5.16 Å². The van der Waals surface area contributed by atoms with Gasteiger partial charge in [-0.25, -0.2) is 0 Å². The molecule has 0 aliphatic carbocycles. The molecule has 1 nitrogen and oxygen atoms in total. The fourth-order valence-electron chi connectivity index (χ4n) is 0.832. The summed E-state index contributed by atoms with van der Waals surface area (Å²) >= 11 is 12.5. The fourth-order valence-corrected chi connectivity index (χ4v) is 10.0. The van der Waals surface area contributed by atoms with E-state index in [9.17, 15) is 0 Å². The van der Waals surface area contributed by atoms with Gasteiger partial charge in [0.1, 0.15) is 0 Å². The van der Waals surface area contributed by atoms with Crippen LogP contribution < -0.4 is 0 Å². The zero-order valence-electron chi connectivity index (χ0n) is 9.36. The van der Waals surface area contributed by atoms with Crippen molar-refractivity contribution in [3.63, 3.8) is 0 Å². The highest BCUT2D eigenvalue weighted by atomic mass is 35.7. The van der Waals surface area contributed by atoms with Gasteiger partial charge in [-0.15, -0.1) is 11.6 Å². The maximum absolute atomic E-state index is 6.53. The Labute approximate surface area is 93.1 Å². The summed E-state index contributed by atoms with van der Waals surface area (Å²) in [7, 11) is -1.47. The van der Waals surface area contributed by atoms with Gasteiger partial charge in [0.05, 0.1) is 12.0 Å². The molecule has 0 aliphatic heterocycles. The van der Waals surface area contributed by atoms with Crippen molar-refractivity contribution in [1.29, 1.82) is 0 Å². The Morgan fingerprint density at radius 3 is 1.69 bits per heavy atom. The van der Waals surface area contributed by atoms with Gasteiger partial charge in [-0.3, -0.25) is 0 Å². The first-order valence-corrected chi connectivity index (χ1v) is 11.2. The van der Waals surface area contributed by atoms with E-state index < -0.39 is 14.6 Å². The Kier molecular flexibility index (Phi) is 4.60. The third kappa shape index (κ3) is 4.38. The van der Waals surface area contributed by atoms with Gasteiger partial charge in [-0.2, -0.15) is 0 Å². The van der Waals surface area contributed by atoms with Crippen molar-refractivity contribution < 1.29 is 0 Å². The van der Waals surface area contributed by atoms with Gasteiger partial charge < -0.3 is 4.41 Å². The van der Waals surface area contributed by atoms with Gasteiger partial charge in [0.2, 0.25) is 0 Å².